The minimum Gasteiger partial charge on any atom is -0.492 e. The summed E-state index contributed by atoms with van der Waals surface area (Å²) in [6.45, 7) is 15.0. The molecule has 0 bridgehead atoms. The molecule has 0 rings (SSSR count). The van der Waals surface area contributed by atoms with Crippen molar-refractivity contribution in [3.63, 3.8) is 0 Å². The molecular formula is C13H20O4. The Bertz CT molecular complexity index is 294. The predicted octanol–water partition coefficient (Wildman–Crippen LogP) is 2.23. The van der Waals surface area contributed by atoms with E-state index in [4.69, 9.17) is 14.2 Å². The average molecular weight is 240 g/mol. The Balaban J connectivity index is 3.67. The van der Waals surface area contributed by atoms with E-state index in [1.54, 1.807) is 19.9 Å². The minimum atomic E-state index is -0.414. The topological polar surface area (TPSA) is 44.8 Å². The highest BCUT2D eigenvalue weighted by atomic mass is 16.6. The summed E-state index contributed by atoms with van der Waals surface area (Å²) >= 11 is 0. The van der Waals surface area contributed by atoms with Crippen molar-refractivity contribution >= 4 is 5.97 Å². The lowest BCUT2D eigenvalue weighted by molar-refractivity contribution is -0.146. The Hall–Kier alpha value is -1.55. The number of hydrogen-bond donors (Lipinski definition) is 0. The maximum Gasteiger partial charge on any atom is 0.333 e. The van der Waals surface area contributed by atoms with Crippen LogP contribution in [0, 0.1) is 0 Å². The van der Waals surface area contributed by atoms with Crippen molar-refractivity contribution < 1.29 is 19.0 Å². The van der Waals surface area contributed by atoms with Gasteiger partial charge >= 0.3 is 5.97 Å². The molecule has 0 N–H and O–H groups in total. The number of ether oxygens (including phenoxy) is 3. The lowest BCUT2D eigenvalue weighted by atomic mass is 10.3. The number of carbonyl (C=O) groups excluding carboxylic acids is 1. The van der Waals surface area contributed by atoms with Gasteiger partial charge < -0.3 is 14.2 Å². The summed E-state index contributed by atoms with van der Waals surface area (Å²) in [7, 11) is 0. The van der Waals surface area contributed by atoms with Crippen molar-refractivity contribution in [2.45, 2.75) is 20.0 Å². The van der Waals surface area contributed by atoms with Gasteiger partial charge in [0.15, 0.2) is 0 Å². The second-order valence-corrected chi connectivity index (χ2v) is 3.65. The molecule has 0 aromatic rings. The van der Waals surface area contributed by atoms with Gasteiger partial charge in [-0.05, 0) is 13.8 Å². The highest BCUT2D eigenvalue weighted by molar-refractivity contribution is 5.87. The molecule has 0 radical (unpaired) electrons. The van der Waals surface area contributed by atoms with Crippen LogP contribution in [0.1, 0.15) is 13.8 Å². The van der Waals surface area contributed by atoms with Gasteiger partial charge in [-0.25, -0.2) is 4.79 Å². The Morgan fingerprint density at radius 3 is 2.59 bits per heavy atom. The largest absolute Gasteiger partial charge is 0.492 e. The van der Waals surface area contributed by atoms with Gasteiger partial charge in [-0.2, -0.15) is 0 Å². The summed E-state index contributed by atoms with van der Waals surface area (Å²) in [6.07, 6.45) is 1.30. The first kappa shape index (κ1) is 15.4. The van der Waals surface area contributed by atoms with Gasteiger partial charge in [-0.1, -0.05) is 25.8 Å². The van der Waals surface area contributed by atoms with E-state index >= 15 is 0 Å². The molecule has 0 amide bonds. The number of carbonyl (C=O) groups is 1. The van der Waals surface area contributed by atoms with Crippen LogP contribution in [0.3, 0.4) is 0 Å². The van der Waals surface area contributed by atoms with Crippen LogP contribution in [0.25, 0.3) is 0 Å². The normalized spacial score (nSPS) is 11.4. The molecule has 1 atom stereocenters. The third-order valence-electron chi connectivity index (χ3n) is 1.68. The molecule has 1 unspecified atom stereocenters. The van der Waals surface area contributed by atoms with E-state index in [9.17, 15) is 4.79 Å². The fourth-order valence-electron chi connectivity index (χ4n) is 0.875. The van der Waals surface area contributed by atoms with Crippen LogP contribution in [-0.4, -0.2) is 31.9 Å². The number of rotatable bonds is 9. The van der Waals surface area contributed by atoms with E-state index in [1.807, 2.05) is 0 Å². The SMILES string of the molecule is C=CCOC(=C)COCC(C)OC(=O)C(=C)C. The summed E-state index contributed by atoms with van der Waals surface area (Å²) in [5.41, 5.74) is 0.371. The van der Waals surface area contributed by atoms with Crippen molar-refractivity contribution in [2.75, 3.05) is 19.8 Å². The van der Waals surface area contributed by atoms with E-state index in [-0.39, 0.29) is 19.3 Å². The zero-order valence-corrected chi connectivity index (χ0v) is 10.5. The van der Waals surface area contributed by atoms with E-state index in [1.165, 1.54) is 0 Å². The van der Waals surface area contributed by atoms with Crippen molar-refractivity contribution in [2.24, 2.45) is 0 Å². The minimum absolute atomic E-state index is 0.267. The highest BCUT2D eigenvalue weighted by Gasteiger charge is 2.10. The third kappa shape index (κ3) is 8.28. The standard InChI is InChI=1S/C13H20O4/c1-6-7-16-11(4)8-15-9-12(5)17-13(14)10(2)3/h6,12H,1-2,4,7-9H2,3,5H3. The van der Waals surface area contributed by atoms with Crippen molar-refractivity contribution in [3.05, 3.63) is 37.1 Å². The summed E-state index contributed by atoms with van der Waals surface area (Å²) in [4.78, 5) is 11.2. The maximum atomic E-state index is 11.2. The monoisotopic (exact) mass is 240 g/mol. The molecule has 0 aliphatic carbocycles. The zero-order valence-electron chi connectivity index (χ0n) is 10.5. The lowest BCUT2D eigenvalue weighted by Crippen LogP contribution is -2.21. The molecule has 0 saturated carbocycles. The molecule has 0 fully saturated rings. The fourth-order valence-corrected chi connectivity index (χ4v) is 0.875. The van der Waals surface area contributed by atoms with Crippen LogP contribution in [0.4, 0.5) is 0 Å². The van der Waals surface area contributed by atoms with E-state index < -0.39 is 5.97 Å². The van der Waals surface area contributed by atoms with Gasteiger partial charge in [0, 0.05) is 5.57 Å². The van der Waals surface area contributed by atoms with E-state index in [0.717, 1.165) is 0 Å². The van der Waals surface area contributed by atoms with E-state index in [0.29, 0.717) is 17.9 Å². The smallest absolute Gasteiger partial charge is 0.333 e. The first-order chi connectivity index (χ1) is 7.97. The van der Waals surface area contributed by atoms with Gasteiger partial charge in [0.2, 0.25) is 0 Å². The highest BCUT2D eigenvalue weighted by Crippen LogP contribution is 2.01. The first-order valence-electron chi connectivity index (χ1n) is 5.33. The number of hydrogen-bond acceptors (Lipinski definition) is 4. The molecule has 0 saturated heterocycles. The second kappa shape index (κ2) is 8.58. The van der Waals surface area contributed by atoms with Crippen LogP contribution >= 0.6 is 0 Å². The third-order valence-corrected chi connectivity index (χ3v) is 1.68. The second-order valence-electron chi connectivity index (χ2n) is 3.65. The summed E-state index contributed by atoms with van der Waals surface area (Å²) in [5, 5.41) is 0. The molecule has 0 aliphatic heterocycles. The average Bonchev–Trinajstić information content (AvgIpc) is 2.26. The summed E-state index contributed by atoms with van der Waals surface area (Å²) in [6, 6.07) is 0. The van der Waals surface area contributed by atoms with Crippen LogP contribution < -0.4 is 0 Å². The predicted molar refractivity (Wildman–Crippen MR) is 66.5 cm³/mol. The molecule has 0 heterocycles. The van der Waals surface area contributed by atoms with Crippen molar-refractivity contribution in [1.29, 1.82) is 0 Å². The Kier molecular flexibility index (Phi) is 7.80. The van der Waals surface area contributed by atoms with Gasteiger partial charge in [-0.3, -0.25) is 0 Å². The van der Waals surface area contributed by atoms with Gasteiger partial charge in [0.1, 0.15) is 25.1 Å². The Morgan fingerprint density at radius 2 is 2.06 bits per heavy atom. The van der Waals surface area contributed by atoms with Crippen molar-refractivity contribution in [3.8, 4) is 0 Å². The van der Waals surface area contributed by atoms with Crippen LogP contribution in [0.15, 0.2) is 37.1 Å². The Labute approximate surface area is 103 Å². The Morgan fingerprint density at radius 1 is 1.41 bits per heavy atom. The lowest BCUT2D eigenvalue weighted by Gasteiger charge is -2.14. The molecule has 96 valence electrons. The van der Waals surface area contributed by atoms with Crippen LogP contribution in [0.5, 0.6) is 0 Å². The van der Waals surface area contributed by atoms with Gasteiger partial charge in [0.05, 0.1) is 6.61 Å². The fraction of sp³-hybridized carbons (Fsp3) is 0.462. The molecule has 4 nitrogen and oxygen atoms in total. The molecule has 0 aromatic carbocycles. The summed E-state index contributed by atoms with van der Waals surface area (Å²) < 4.78 is 15.4. The van der Waals surface area contributed by atoms with Crippen LogP contribution in [0.2, 0.25) is 0 Å². The number of esters is 1. The summed E-state index contributed by atoms with van der Waals surface area (Å²) in [5.74, 6) is 0.103. The molecule has 0 spiro atoms. The van der Waals surface area contributed by atoms with E-state index in [2.05, 4.69) is 19.7 Å². The maximum absolute atomic E-state index is 11.2. The van der Waals surface area contributed by atoms with Crippen LogP contribution in [-0.2, 0) is 19.0 Å². The van der Waals surface area contributed by atoms with Gasteiger partial charge in [0.25, 0.3) is 0 Å². The van der Waals surface area contributed by atoms with Gasteiger partial charge in [-0.15, -0.1) is 0 Å². The molecular weight excluding hydrogens is 220 g/mol. The molecule has 0 aliphatic rings. The molecule has 4 heteroatoms. The zero-order chi connectivity index (χ0) is 13.3. The first-order valence-corrected chi connectivity index (χ1v) is 5.33. The van der Waals surface area contributed by atoms with Crippen molar-refractivity contribution in [1.82, 2.24) is 0 Å². The molecule has 0 aromatic heterocycles. The quantitative estimate of drug-likeness (QED) is 0.268. The molecule has 17 heavy (non-hydrogen) atoms.